The van der Waals surface area contributed by atoms with Crippen LogP contribution in [0.5, 0.6) is 11.5 Å². The summed E-state index contributed by atoms with van der Waals surface area (Å²) in [6, 6.07) is 13.0. The van der Waals surface area contributed by atoms with Gasteiger partial charge in [0.05, 0.1) is 28.6 Å². The molecule has 0 atom stereocenters. The fourth-order valence-corrected chi connectivity index (χ4v) is 3.52. The van der Waals surface area contributed by atoms with Gasteiger partial charge in [-0.1, -0.05) is 6.07 Å². The minimum absolute atomic E-state index is 0.0493. The lowest BCUT2D eigenvalue weighted by molar-refractivity contribution is 0.102. The molecule has 6 nitrogen and oxygen atoms in total. The molecule has 1 amide bonds. The smallest absolute Gasteiger partial charge is 0.255 e. The minimum Gasteiger partial charge on any atom is -0.451 e. The summed E-state index contributed by atoms with van der Waals surface area (Å²) in [5.41, 5.74) is 2.08. The lowest BCUT2D eigenvalue weighted by Gasteiger charge is -2.13. The molecule has 0 fully saturated rings. The molecule has 0 bridgehead atoms. The SMILES string of the molecule is Cc1ccc(-c2cnc3ccc(Oc4c(F)c(F)cc(NC(=O)c5cccc(F)c5)c4F)cc3n2)cn1. The van der Waals surface area contributed by atoms with Crippen molar-refractivity contribution in [2.75, 3.05) is 5.32 Å². The number of pyridine rings is 1. The fraction of sp³-hybridized carbons (Fsp3) is 0.0370. The van der Waals surface area contributed by atoms with E-state index in [0.717, 1.165) is 17.8 Å². The van der Waals surface area contributed by atoms with Crippen molar-refractivity contribution >= 4 is 22.6 Å². The molecule has 184 valence electrons. The standard InChI is InChI=1S/C27H16F4N4O2/c1-14-5-6-16(12-32-14)23-13-33-20-8-7-18(10-21(20)34-23)37-26-24(30)19(29)11-22(25(26)31)35-27(36)15-3-2-4-17(28)9-15/h2-13H,1H3,(H,35,36). The number of carbonyl (C=O) groups is 1. The van der Waals surface area contributed by atoms with Gasteiger partial charge in [-0.2, -0.15) is 4.39 Å². The molecule has 0 saturated heterocycles. The Morgan fingerprint density at radius 2 is 1.70 bits per heavy atom. The van der Waals surface area contributed by atoms with E-state index in [1.54, 1.807) is 12.4 Å². The van der Waals surface area contributed by atoms with Gasteiger partial charge in [0.25, 0.3) is 5.91 Å². The number of fused-ring (bicyclic) bond motifs is 1. The Morgan fingerprint density at radius 1 is 0.865 bits per heavy atom. The first-order valence-corrected chi connectivity index (χ1v) is 10.9. The molecule has 5 rings (SSSR count). The molecule has 3 aromatic carbocycles. The molecule has 0 aliphatic rings. The van der Waals surface area contributed by atoms with Crippen molar-refractivity contribution in [3.63, 3.8) is 0 Å². The molecule has 2 aromatic heterocycles. The number of ether oxygens (including phenoxy) is 1. The van der Waals surface area contributed by atoms with E-state index in [-0.39, 0.29) is 11.3 Å². The van der Waals surface area contributed by atoms with Crippen LogP contribution in [0.4, 0.5) is 23.2 Å². The number of rotatable bonds is 5. The van der Waals surface area contributed by atoms with Crippen LogP contribution in [-0.4, -0.2) is 20.9 Å². The van der Waals surface area contributed by atoms with Gasteiger partial charge in [0.1, 0.15) is 11.6 Å². The van der Waals surface area contributed by atoms with Crippen molar-refractivity contribution < 1.29 is 27.1 Å². The number of hydrogen-bond acceptors (Lipinski definition) is 5. The number of hydrogen-bond donors (Lipinski definition) is 1. The van der Waals surface area contributed by atoms with Crippen LogP contribution in [0.25, 0.3) is 22.3 Å². The van der Waals surface area contributed by atoms with Crippen molar-refractivity contribution in [2.45, 2.75) is 6.92 Å². The summed E-state index contributed by atoms with van der Waals surface area (Å²) >= 11 is 0. The highest BCUT2D eigenvalue weighted by atomic mass is 19.2. The second-order valence-electron chi connectivity index (χ2n) is 8.02. The quantitative estimate of drug-likeness (QED) is 0.216. The number of aryl methyl sites for hydroxylation is 1. The zero-order chi connectivity index (χ0) is 26.1. The summed E-state index contributed by atoms with van der Waals surface area (Å²) in [5.74, 6) is -7.13. The lowest BCUT2D eigenvalue weighted by atomic mass is 10.2. The van der Waals surface area contributed by atoms with E-state index < -0.39 is 40.6 Å². The highest BCUT2D eigenvalue weighted by Gasteiger charge is 2.23. The number of amides is 1. The van der Waals surface area contributed by atoms with Crippen LogP contribution in [0.1, 0.15) is 16.1 Å². The van der Waals surface area contributed by atoms with Gasteiger partial charge in [-0.15, -0.1) is 0 Å². The van der Waals surface area contributed by atoms with E-state index in [0.29, 0.717) is 28.4 Å². The van der Waals surface area contributed by atoms with Gasteiger partial charge in [-0.05, 0) is 49.4 Å². The second-order valence-corrected chi connectivity index (χ2v) is 8.02. The molecule has 0 saturated carbocycles. The predicted octanol–water partition coefficient (Wildman–Crippen LogP) is 6.60. The Balaban J connectivity index is 1.47. The van der Waals surface area contributed by atoms with Crippen molar-refractivity contribution in [1.82, 2.24) is 15.0 Å². The molecule has 10 heteroatoms. The molecule has 0 spiro atoms. The van der Waals surface area contributed by atoms with Crippen LogP contribution in [0.15, 0.2) is 73.1 Å². The summed E-state index contributed by atoms with van der Waals surface area (Å²) < 4.78 is 62.7. The predicted molar refractivity (Wildman–Crippen MR) is 128 cm³/mol. The molecule has 1 N–H and O–H groups in total. The Labute approximate surface area is 207 Å². The maximum Gasteiger partial charge on any atom is 0.255 e. The van der Waals surface area contributed by atoms with Gasteiger partial charge in [-0.25, -0.2) is 18.2 Å². The van der Waals surface area contributed by atoms with Crippen LogP contribution >= 0.6 is 0 Å². The van der Waals surface area contributed by atoms with E-state index in [9.17, 15) is 18.0 Å². The minimum atomic E-state index is -1.59. The second kappa shape index (κ2) is 9.65. The molecule has 0 aliphatic heterocycles. The summed E-state index contributed by atoms with van der Waals surface area (Å²) in [6.45, 7) is 1.85. The van der Waals surface area contributed by atoms with Crippen molar-refractivity contribution in [3.8, 4) is 22.8 Å². The Morgan fingerprint density at radius 3 is 2.46 bits per heavy atom. The van der Waals surface area contributed by atoms with E-state index in [2.05, 4.69) is 20.3 Å². The third kappa shape index (κ3) is 4.94. The fourth-order valence-electron chi connectivity index (χ4n) is 3.52. The Kier molecular flexibility index (Phi) is 6.22. The van der Waals surface area contributed by atoms with Crippen LogP contribution in [0.3, 0.4) is 0 Å². The summed E-state index contributed by atoms with van der Waals surface area (Å²) in [5, 5.41) is 2.11. The van der Waals surface area contributed by atoms with E-state index in [1.807, 2.05) is 19.1 Å². The van der Waals surface area contributed by atoms with E-state index >= 15 is 4.39 Å². The topological polar surface area (TPSA) is 77.0 Å². The first-order valence-electron chi connectivity index (χ1n) is 10.9. The average Bonchev–Trinajstić information content (AvgIpc) is 2.89. The zero-order valence-corrected chi connectivity index (χ0v) is 19.1. The number of halogens is 4. The van der Waals surface area contributed by atoms with Gasteiger partial charge in [0.2, 0.25) is 11.6 Å². The first kappa shape index (κ1) is 23.9. The molecular weight excluding hydrogens is 488 g/mol. The maximum absolute atomic E-state index is 15.1. The molecule has 0 aliphatic carbocycles. The normalized spacial score (nSPS) is 10.9. The Hall–Kier alpha value is -4.86. The number of nitrogens with one attached hydrogen (secondary N) is 1. The number of aromatic nitrogens is 3. The summed E-state index contributed by atoms with van der Waals surface area (Å²) in [6.07, 6.45) is 3.21. The van der Waals surface area contributed by atoms with Crippen molar-refractivity contribution in [3.05, 3.63) is 108 Å². The molecule has 0 radical (unpaired) electrons. The monoisotopic (exact) mass is 504 g/mol. The summed E-state index contributed by atoms with van der Waals surface area (Å²) in [7, 11) is 0. The van der Waals surface area contributed by atoms with E-state index in [1.165, 1.54) is 30.3 Å². The van der Waals surface area contributed by atoms with Crippen LogP contribution in [0, 0.1) is 30.2 Å². The van der Waals surface area contributed by atoms with Crippen LogP contribution < -0.4 is 10.1 Å². The molecule has 5 aromatic rings. The molecule has 2 heterocycles. The van der Waals surface area contributed by atoms with Crippen LogP contribution in [0.2, 0.25) is 0 Å². The number of benzene rings is 3. The highest BCUT2D eigenvalue weighted by Crippen LogP contribution is 2.35. The molecule has 37 heavy (non-hydrogen) atoms. The summed E-state index contributed by atoms with van der Waals surface area (Å²) in [4.78, 5) is 25.4. The van der Waals surface area contributed by atoms with Gasteiger partial charge >= 0.3 is 0 Å². The molecular formula is C27H16F4N4O2. The van der Waals surface area contributed by atoms with E-state index in [4.69, 9.17) is 4.74 Å². The number of nitrogens with zero attached hydrogens (tertiary/aromatic N) is 3. The number of carbonyl (C=O) groups excluding carboxylic acids is 1. The van der Waals surface area contributed by atoms with Crippen molar-refractivity contribution in [2.24, 2.45) is 0 Å². The van der Waals surface area contributed by atoms with Gasteiger partial charge < -0.3 is 10.1 Å². The average molecular weight is 504 g/mol. The largest absolute Gasteiger partial charge is 0.451 e. The zero-order valence-electron chi connectivity index (χ0n) is 19.1. The van der Waals surface area contributed by atoms with Gasteiger partial charge in [0.15, 0.2) is 11.6 Å². The maximum atomic E-state index is 15.1. The third-order valence-electron chi connectivity index (χ3n) is 5.39. The van der Waals surface area contributed by atoms with Gasteiger partial charge in [-0.3, -0.25) is 14.8 Å². The third-order valence-corrected chi connectivity index (χ3v) is 5.39. The van der Waals surface area contributed by atoms with Crippen molar-refractivity contribution in [1.29, 1.82) is 0 Å². The Bertz CT molecular complexity index is 1660. The molecule has 0 unspecified atom stereocenters. The van der Waals surface area contributed by atoms with Gasteiger partial charge in [0, 0.05) is 35.2 Å². The highest BCUT2D eigenvalue weighted by molar-refractivity contribution is 6.04. The first-order chi connectivity index (χ1) is 17.8. The number of anilines is 1. The lowest BCUT2D eigenvalue weighted by Crippen LogP contribution is -2.14. The van der Waals surface area contributed by atoms with Crippen LogP contribution in [-0.2, 0) is 0 Å².